The number of nitrogens with zero attached hydrogens (tertiary/aromatic N) is 1. The Bertz CT molecular complexity index is 388. The third-order valence-corrected chi connectivity index (χ3v) is 5.01. The molecule has 0 aromatic rings. The molecule has 0 aromatic heterocycles. The van der Waals surface area contributed by atoms with Gasteiger partial charge in [-0.3, -0.25) is 15.0 Å². The maximum absolute atomic E-state index is 12.1. The first-order valence-electron chi connectivity index (χ1n) is 8.64. The number of imide groups is 1. The van der Waals surface area contributed by atoms with Gasteiger partial charge in [-0.25, -0.2) is 4.79 Å². The van der Waals surface area contributed by atoms with E-state index in [0.717, 1.165) is 45.1 Å². The number of amides is 3. The molecule has 2 unspecified atom stereocenters. The number of piperidine rings is 1. The second-order valence-electron chi connectivity index (χ2n) is 6.75. The highest BCUT2D eigenvalue weighted by Gasteiger charge is 2.29. The SMILES string of the molecule is CC1CCCN(CC(=O)NC(=O)NC2CCCCC2)C1CN.Cl. The quantitative estimate of drug-likeness (QED) is 0.722. The zero-order chi connectivity index (χ0) is 15.9. The minimum Gasteiger partial charge on any atom is -0.335 e. The van der Waals surface area contributed by atoms with E-state index in [4.69, 9.17) is 5.73 Å². The van der Waals surface area contributed by atoms with E-state index in [1.807, 2.05) is 0 Å². The Morgan fingerprint density at radius 1 is 1.13 bits per heavy atom. The summed E-state index contributed by atoms with van der Waals surface area (Å²) >= 11 is 0. The number of carbonyl (C=O) groups is 2. The highest BCUT2D eigenvalue weighted by Crippen LogP contribution is 2.22. The summed E-state index contributed by atoms with van der Waals surface area (Å²) in [6, 6.07) is 0.0977. The second kappa shape index (κ2) is 10.1. The predicted molar refractivity (Wildman–Crippen MR) is 93.6 cm³/mol. The summed E-state index contributed by atoms with van der Waals surface area (Å²) in [5, 5.41) is 5.37. The minimum atomic E-state index is -0.355. The average Bonchev–Trinajstić information content (AvgIpc) is 2.48. The van der Waals surface area contributed by atoms with Crippen molar-refractivity contribution in [2.75, 3.05) is 19.6 Å². The van der Waals surface area contributed by atoms with Crippen molar-refractivity contribution < 1.29 is 9.59 Å². The fourth-order valence-corrected chi connectivity index (χ4v) is 3.73. The van der Waals surface area contributed by atoms with E-state index in [9.17, 15) is 9.59 Å². The molecule has 6 nitrogen and oxygen atoms in total. The molecular weight excluding hydrogens is 316 g/mol. The summed E-state index contributed by atoms with van der Waals surface area (Å²) in [7, 11) is 0. The number of carbonyl (C=O) groups excluding carboxylic acids is 2. The van der Waals surface area contributed by atoms with Crippen LogP contribution in [-0.2, 0) is 4.79 Å². The Hall–Kier alpha value is -0.850. The van der Waals surface area contributed by atoms with Gasteiger partial charge >= 0.3 is 6.03 Å². The van der Waals surface area contributed by atoms with Crippen molar-refractivity contribution >= 4 is 24.3 Å². The molecule has 7 heteroatoms. The van der Waals surface area contributed by atoms with E-state index in [0.29, 0.717) is 12.5 Å². The first kappa shape index (κ1) is 20.2. The molecule has 3 amide bonds. The van der Waals surface area contributed by atoms with Gasteiger partial charge in [-0.05, 0) is 38.1 Å². The zero-order valence-corrected chi connectivity index (χ0v) is 14.9. The van der Waals surface area contributed by atoms with Gasteiger partial charge in [-0.2, -0.15) is 0 Å². The van der Waals surface area contributed by atoms with Crippen LogP contribution < -0.4 is 16.4 Å². The van der Waals surface area contributed by atoms with Gasteiger partial charge in [-0.15, -0.1) is 12.4 Å². The number of likely N-dealkylation sites (tertiary alicyclic amines) is 1. The lowest BCUT2D eigenvalue weighted by Gasteiger charge is -2.38. The van der Waals surface area contributed by atoms with Crippen LogP contribution in [0.15, 0.2) is 0 Å². The molecule has 1 heterocycles. The first-order valence-corrected chi connectivity index (χ1v) is 8.64. The van der Waals surface area contributed by atoms with Crippen molar-refractivity contribution in [1.29, 1.82) is 0 Å². The summed E-state index contributed by atoms with van der Waals surface area (Å²) in [4.78, 5) is 26.1. The minimum absolute atomic E-state index is 0. The fraction of sp³-hybridized carbons (Fsp3) is 0.875. The second-order valence-corrected chi connectivity index (χ2v) is 6.75. The van der Waals surface area contributed by atoms with E-state index < -0.39 is 0 Å². The molecule has 23 heavy (non-hydrogen) atoms. The Kier molecular flexibility index (Phi) is 8.87. The number of hydrogen-bond donors (Lipinski definition) is 3. The molecule has 0 spiro atoms. The standard InChI is InChI=1S/C16H30N4O2.ClH/c1-12-6-5-9-20(14(12)10-17)11-15(21)19-16(22)18-13-7-3-2-4-8-13;/h12-14H,2-11,17H2,1H3,(H2,18,19,21,22);1H. The van der Waals surface area contributed by atoms with Crippen molar-refractivity contribution in [3.63, 3.8) is 0 Å². The summed E-state index contributed by atoms with van der Waals surface area (Å²) in [6.45, 7) is 3.87. The summed E-state index contributed by atoms with van der Waals surface area (Å²) in [6.07, 6.45) is 7.82. The van der Waals surface area contributed by atoms with Gasteiger partial charge in [-0.1, -0.05) is 26.2 Å². The van der Waals surface area contributed by atoms with E-state index in [1.54, 1.807) is 0 Å². The summed E-state index contributed by atoms with van der Waals surface area (Å²) < 4.78 is 0. The number of nitrogens with one attached hydrogen (secondary N) is 2. The van der Waals surface area contributed by atoms with Crippen LogP contribution in [0.25, 0.3) is 0 Å². The van der Waals surface area contributed by atoms with E-state index in [2.05, 4.69) is 22.5 Å². The van der Waals surface area contributed by atoms with Crippen molar-refractivity contribution in [3.05, 3.63) is 0 Å². The van der Waals surface area contributed by atoms with Crippen LogP contribution >= 0.6 is 12.4 Å². The molecule has 2 aliphatic rings. The normalized spacial score (nSPS) is 26.2. The van der Waals surface area contributed by atoms with Crippen LogP contribution in [0.2, 0.25) is 0 Å². The predicted octanol–water partition coefficient (Wildman–Crippen LogP) is 1.63. The van der Waals surface area contributed by atoms with Gasteiger partial charge < -0.3 is 11.1 Å². The number of urea groups is 1. The largest absolute Gasteiger partial charge is 0.335 e. The molecule has 1 saturated carbocycles. The third kappa shape index (κ3) is 6.28. The van der Waals surface area contributed by atoms with Crippen molar-refractivity contribution in [1.82, 2.24) is 15.5 Å². The van der Waals surface area contributed by atoms with Crippen molar-refractivity contribution in [2.24, 2.45) is 11.7 Å². The van der Waals surface area contributed by atoms with Crippen LogP contribution in [-0.4, -0.2) is 48.6 Å². The fourth-order valence-electron chi connectivity index (χ4n) is 3.73. The van der Waals surface area contributed by atoms with Crippen LogP contribution in [0.4, 0.5) is 4.79 Å². The maximum Gasteiger partial charge on any atom is 0.321 e. The molecule has 0 aromatic carbocycles. The molecule has 0 radical (unpaired) electrons. The molecule has 1 aliphatic heterocycles. The highest BCUT2D eigenvalue weighted by atomic mass is 35.5. The van der Waals surface area contributed by atoms with Crippen LogP contribution in [0, 0.1) is 5.92 Å². The van der Waals surface area contributed by atoms with E-state index in [1.165, 1.54) is 6.42 Å². The van der Waals surface area contributed by atoms with Gasteiger partial charge in [0.2, 0.25) is 5.91 Å². The molecule has 2 rings (SSSR count). The van der Waals surface area contributed by atoms with Crippen molar-refractivity contribution in [3.8, 4) is 0 Å². The van der Waals surface area contributed by atoms with Gasteiger partial charge in [0, 0.05) is 18.6 Å². The lowest BCUT2D eigenvalue weighted by Crippen LogP contribution is -2.53. The van der Waals surface area contributed by atoms with Crippen LogP contribution in [0.3, 0.4) is 0 Å². The smallest absolute Gasteiger partial charge is 0.321 e. The summed E-state index contributed by atoms with van der Waals surface area (Å²) in [5.74, 6) is 0.267. The zero-order valence-electron chi connectivity index (χ0n) is 14.1. The lowest BCUT2D eigenvalue weighted by atomic mass is 9.91. The summed E-state index contributed by atoms with van der Waals surface area (Å²) in [5.41, 5.74) is 5.83. The third-order valence-electron chi connectivity index (χ3n) is 5.01. The van der Waals surface area contributed by atoms with Crippen molar-refractivity contribution in [2.45, 2.75) is 64.0 Å². The number of halogens is 1. The van der Waals surface area contributed by atoms with Gasteiger partial charge in [0.25, 0.3) is 0 Å². The molecule has 4 N–H and O–H groups in total. The van der Waals surface area contributed by atoms with Gasteiger partial charge in [0.1, 0.15) is 0 Å². The molecule has 2 atom stereocenters. The Labute approximate surface area is 145 Å². The average molecular weight is 347 g/mol. The monoisotopic (exact) mass is 346 g/mol. The molecule has 2 fully saturated rings. The molecular formula is C16H31ClN4O2. The highest BCUT2D eigenvalue weighted by molar-refractivity contribution is 5.95. The van der Waals surface area contributed by atoms with Gasteiger partial charge in [0.05, 0.1) is 6.54 Å². The molecule has 1 saturated heterocycles. The maximum atomic E-state index is 12.1. The number of nitrogens with two attached hydrogens (primary N) is 1. The Balaban J connectivity index is 0.00000264. The number of rotatable bonds is 4. The molecule has 134 valence electrons. The lowest BCUT2D eigenvalue weighted by molar-refractivity contribution is -0.122. The topological polar surface area (TPSA) is 87.5 Å². The Morgan fingerprint density at radius 3 is 2.48 bits per heavy atom. The molecule has 1 aliphatic carbocycles. The van der Waals surface area contributed by atoms with E-state index in [-0.39, 0.29) is 43.0 Å². The Morgan fingerprint density at radius 2 is 1.83 bits per heavy atom. The van der Waals surface area contributed by atoms with Crippen LogP contribution in [0.1, 0.15) is 51.9 Å². The van der Waals surface area contributed by atoms with E-state index >= 15 is 0 Å². The number of hydrogen-bond acceptors (Lipinski definition) is 4. The van der Waals surface area contributed by atoms with Gasteiger partial charge in [0.15, 0.2) is 0 Å². The van der Waals surface area contributed by atoms with Crippen LogP contribution in [0.5, 0.6) is 0 Å². The molecule has 0 bridgehead atoms. The first-order chi connectivity index (χ1) is 10.6.